The predicted molar refractivity (Wildman–Crippen MR) is 88.2 cm³/mol. The molecule has 0 saturated heterocycles. The van der Waals surface area contributed by atoms with Gasteiger partial charge in [-0.3, -0.25) is 9.36 Å². The molecular weight excluding hydrogens is 362 g/mol. The summed E-state index contributed by atoms with van der Waals surface area (Å²) in [5, 5.41) is 2.68. The van der Waals surface area contributed by atoms with Crippen molar-refractivity contribution in [3.8, 4) is 5.82 Å². The summed E-state index contributed by atoms with van der Waals surface area (Å²) in [5.74, 6) is 1.14. The number of hydrogen-bond acceptors (Lipinski definition) is 6. The van der Waals surface area contributed by atoms with Crippen LogP contribution in [-0.2, 0) is 0 Å². The lowest BCUT2D eigenvalue weighted by molar-refractivity contribution is 0.102. The van der Waals surface area contributed by atoms with Crippen LogP contribution in [0.4, 0.5) is 11.5 Å². The molecule has 0 fully saturated rings. The minimum absolute atomic E-state index is 0.0499. The molecule has 3 aromatic heterocycles. The Morgan fingerprint density at radius 2 is 2.09 bits per heavy atom. The lowest BCUT2D eigenvalue weighted by atomic mass is 10.3. The van der Waals surface area contributed by atoms with Gasteiger partial charge in [-0.05, 0) is 35.0 Å². The Balaban J connectivity index is 1.79. The lowest BCUT2D eigenvalue weighted by Crippen LogP contribution is -2.17. The molecule has 0 bridgehead atoms. The topological polar surface area (TPSA) is 112 Å². The zero-order valence-electron chi connectivity index (χ0n) is 12.1. The second-order valence-corrected chi connectivity index (χ2v) is 5.44. The van der Waals surface area contributed by atoms with E-state index in [0.717, 1.165) is 5.82 Å². The number of hydrogen-bond donors (Lipinski definition) is 2. The van der Waals surface area contributed by atoms with E-state index < -0.39 is 5.91 Å². The molecule has 3 rings (SSSR count). The van der Waals surface area contributed by atoms with Crippen LogP contribution in [0, 0.1) is 6.92 Å². The maximum atomic E-state index is 12.2. The number of nitrogen functional groups attached to an aromatic ring is 1. The van der Waals surface area contributed by atoms with Gasteiger partial charge in [0.25, 0.3) is 5.91 Å². The van der Waals surface area contributed by atoms with Crippen LogP contribution in [0.1, 0.15) is 16.3 Å². The third kappa shape index (κ3) is 3.19. The molecule has 3 heterocycles. The molecule has 0 radical (unpaired) electrons. The summed E-state index contributed by atoms with van der Waals surface area (Å²) in [6, 6.07) is 3.52. The molecule has 9 heteroatoms. The first-order valence-electron chi connectivity index (χ1n) is 6.60. The summed E-state index contributed by atoms with van der Waals surface area (Å²) < 4.78 is 2.27. The fraction of sp³-hybridized carbons (Fsp3) is 0.0714. The molecule has 0 spiro atoms. The lowest BCUT2D eigenvalue weighted by Gasteiger charge is -2.08. The normalized spacial score (nSPS) is 10.5. The Morgan fingerprint density at radius 3 is 2.74 bits per heavy atom. The molecule has 116 valence electrons. The Labute approximate surface area is 139 Å². The SMILES string of the molecule is Cc1nccn1-c1ccc(NC(=O)c2nc(Br)cnc2N)cn1. The number of aromatic nitrogens is 5. The first-order valence-corrected chi connectivity index (χ1v) is 7.39. The standard InChI is InChI=1S/C14H12BrN7O/c1-8-17-4-5-22(8)11-3-2-9(6-18-11)20-14(23)12-13(16)19-7-10(15)21-12/h2-7H,1H3,(H2,16,19)(H,20,23). The maximum absolute atomic E-state index is 12.2. The van der Waals surface area contributed by atoms with Crippen LogP contribution in [0.15, 0.2) is 41.5 Å². The summed E-state index contributed by atoms with van der Waals surface area (Å²) in [6.45, 7) is 1.88. The largest absolute Gasteiger partial charge is 0.382 e. The van der Waals surface area contributed by atoms with Crippen molar-refractivity contribution in [2.45, 2.75) is 6.92 Å². The number of pyridine rings is 1. The molecule has 23 heavy (non-hydrogen) atoms. The van der Waals surface area contributed by atoms with Crippen molar-refractivity contribution in [1.29, 1.82) is 0 Å². The van der Waals surface area contributed by atoms with E-state index in [2.05, 4.69) is 41.2 Å². The van der Waals surface area contributed by atoms with Crippen LogP contribution in [0.25, 0.3) is 5.82 Å². The van der Waals surface area contributed by atoms with E-state index in [1.807, 2.05) is 17.7 Å². The summed E-state index contributed by atoms with van der Waals surface area (Å²) >= 11 is 3.16. The highest BCUT2D eigenvalue weighted by atomic mass is 79.9. The van der Waals surface area contributed by atoms with Gasteiger partial charge in [0.1, 0.15) is 16.2 Å². The molecule has 0 aliphatic rings. The molecule has 0 unspecified atom stereocenters. The van der Waals surface area contributed by atoms with E-state index in [1.54, 1.807) is 24.5 Å². The van der Waals surface area contributed by atoms with Crippen molar-refractivity contribution in [1.82, 2.24) is 24.5 Å². The third-order valence-electron chi connectivity index (χ3n) is 3.06. The second-order valence-electron chi connectivity index (χ2n) is 4.63. The first-order chi connectivity index (χ1) is 11.0. The molecule has 0 saturated carbocycles. The van der Waals surface area contributed by atoms with Crippen LogP contribution in [-0.4, -0.2) is 30.4 Å². The molecule has 0 aliphatic heterocycles. The summed E-state index contributed by atoms with van der Waals surface area (Å²) in [5.41, 5.74) is 6.24. The zero-order chi connectivity index (χ0) is 16.4. The zero-order valence-corrected chi connectivity index (χ0v) is 13.6. The van der Waals surface area contributed by atoms with Gasteiger partial charge in [0.2, 0.25) is 0 Å². The number of imidazole rings is 1. The van der Waals surface area contributed by atoms with Crippen molar-refractivity contribution >= 4 is 33.3 Å². The highest BCUT2D eigenvalue weighted by molar-refractivity contribution is 9.10. The Hall–Kier alpha value is -2.81. The number of carbonyl (C=O) groups excluding carboxylic acids is 1. The van der Waals surface area contributed by atoms with Crippen LogP contribution in [0.3, 0.4) is 0 Å². The van der Waals surface area contributed by atoms with Crippen molar-refractivity contribution < 1.29 is 4.79 Å². The van der Waals surface area contributed by atoms with Crippen LogP contribution in [0.5, 0.6) is 0 Å². The number of anilines is 2. The van der Waals surface area contributed by atoms with Crippen molar-refractivity contribution in [2.24, 2.45) is 0 Å². The number of rotatable bonds is 3. The smallest absolute Gasteiger partial charge is 0.278 e. The minimum Gasteiger partial charge on any atom is -0.382 e. The Bertz CT molecular complexity index is 860. The number of halogens is 1. The quantitative estimate of drug-likeness (QED) is 0.725. The number of amides is 1. The van der Waals surface area contributed by atoms with Crippen molar-refractivity contribution in [3.63, 3.8) is 0 Å². The predicted octanol–water partition coefficient (Wildman–Crippen LogP) is 1.96. The van der Waals surface area contributed by atoms with E-state index >= 15 is 0 Å². The molecule has 0 atom stereocenters. The summed E-state index contributed by atoms with van der Waals surface area (Å²) in [4.78, 5) is 28.5. The van der Waals surface area contributed by atoms with Gasteiger partial charge in [0, 0.05) is 12.4 Å². The van der Waals surface area contributed by atoms with E-state index in [4.69, 9.17) is 5.73 Å². The molecule has 3 N–H and O–H groups in total. The van der Waals surface area contributed by atoms with Gasteiger partial charge in [-0.25, -0.2) is 19.9 Å². The highest BCUT2D eigenvalue weighted by Gasteiger charge is 2.14. The van der Waals surface area contributed by atoms with Crippen LogP contribution >= 0.6 is 15.9 Å². The van der Waals surface area contributed by atoms with Crippen LogP contribution in [0.2, 0.25) is 0 Å². The molecule has 0 aliphatic carbocycles. The Kier molecular flexibility index (Phi) is 4.02. The van der Waals surface area contributed by atoms with Gasteiger partial charge in [-0.1, -0.05) is 0 Å². The third-order valence-corrected chi connectivity index (χ3v) is 3.45. The van der Waals surface area contributed by atoms with Crippen molar-refractivity contribution in [2.75, 3.05) is 11.1 Å². The number of nitrogens with zero attached hydrogens (tertiary/aromatic N) is 5. The van der Waals surface area contributed by atoms with E-state index in [-0.39, 0.29) is 11.5 Å². The average molecular weight is 374 g/mol. The maximum Gasteiger partial charge on any atom is 0.278 e. The molecule has 8 nitrogen and oxygen atoms in total. The molecule has 3 aromatic rings. The highest BCUT2D eigenvalue weighted by Crippen LogP contribution is 2.15. The number of aryl methyl sites for hydroxylation is 1. The number of carbonyl (C=O) groups is 1. The van der Waals surface area contributed by atoms with Gasteiger partial charge in [0.15, 0.2) is 11.5 Å². The molecule has 0 aromatic carbocycles. The Morgan fingerprint density at radius 1 is 1.26 bits per heavy atom. The number of nitrogens with two attached hydrogens (primary N) is 1. The minimum atomic E-state index is -0.454. The summed E-state index contributed by atoms with van der Waals surface area (Å²) in [7, 11) is 0. The van der Waals surface area contributed by atoms with E-state index in [9.17, 15) is 4.79 Å². The molecule has 1 amide bonds. The number of nitrogens with one attached hydrogen (secondary N) is 1. The monoisotopic (exact) mass is 373 g/mol. The van der Waals surface area contributed by atoms with Crippen molar-refractivity contribution in [3.05, 3.63) is 53.0 Å². The van der Waals surface area contributed by atoms with Gasteiger partial charge in [-0.15, -0.1) is 0 Å². The van der Waals surface area contributed by atoms with E-state index in [1.165, 1.54) is 6.20 Å². The van der Waals surface area contributed by atoms with Crippen LogP contribution < -0.4 is 11.1 Å². The molecular formula is C14H12BrN7O. The first kappa shape index (κ1) is 15.1. The fourth-order valence-corrected chi connectivity index (χ4v) is 2.24. The van der Waals surface area contributed by atoms with Gasteiger partial charge in [-0.2, -0.15) is 0 Å². The second kappa shape index (κ2) is 6.13. The van der Waals surface area contributed by atoms with E-state index in [0.29, 0.717) is 16.1 Å². The van der Waals surface area contributed by atoms with Gasteiger partial charge < -0.3 is 11.1 Å². The summed E-state index contributed by atoms with van der Waals surface area (Å²) in [6.07, 6.45) is 6.49. The average Bonchev–Trinajstić information content (AvgIpc) is 2.96. The fourth-order valence-electron chi connectivity index (χ4n) is 1.96. The van der Waals surface area contributed by atoms with Gasteiger partial charge >= 0.3 is 0 Å². The van der Waals surface area contributed by atoms with Gasteiger partial charge in [0.05, 0.1) is 18.1 Å².